The summed E-state index contributed by atoms with van der Waals surface area (Å²) in [6.07, 6.45) is 0.230. The van der Waals surface area contributed by atoms with Crippen LogP contribution in [0.3, 0.4) is 0 Å². The second kappa shape index (κ2) is 5.78. The Morgan fingerprint density at radius 1 is 1.56 bits per heavy atom. The molecule has 1 aromatic rings. The molecule has 1 saturated heterocycles. The molecule has 2 unspecified atom stereocenters. The zero-order valence-electron chi connectivity index (χ0n) is 11.0. The SMILES string of the molecule is Cc1cc(F)ccc1C(CN)N1CCOC(C)C1. The third kappa shape index (κ3) is 2.88. The molecule has 0 aliphatic carbocycles. The van der Waals surface area contributed by atoms with E-state index in [1.54, 1.807) is 6.07 Å². The Morgan fingerprint density at radius 2 is 2.33 bits per heavy atom. The van der Waals surface area contributed by atoms with Crippen LogP contribution >= 0.6 is 0 Å². The van der Waals surface area contributed by atoms with Gasteiger partial charge in [0, 0.05) is 25.7 Å². The largest absolute Gasteiger partial charge is 0.376 e. The third-order valence-electron chi connectivity index (χ3n) is 3.53. The molecule has 0 spiro atoms. The molecule has 1 aliphatic rings. The lowest BCUT2D eigenvalue weighted by Gasteiger charge is -2.37. The Hall–Kier alpha value is -0.970. The maximum atomic E-state index is 13.2. The highest BCUT2D eigenvalue weighted by atomic mass is 19.1. The molecule has 18 heavy (non-hydrogen) atoms. The lowest BCUT2D eigenvalue weighted by Crippen LogP contribution is -2.45. The summed E-state index contributed by atoms with van der Waals surface area (Å²) < 4.78 is 18.7. The van der Waals surface area contributed by atoms with Gasteiger partial charge < -0.3 is 10.5 Å². The lowest BCUT2D eigenvalue weighted by molar-refractivity contribution is -0.0333. The summed E-state index contributed by atoms with van der Waals surface area (Å²) in [5.41, 5.74) is 7.99. The highest BCUT2D eigenvalue weighted by Gasteiger charge is 2.25. The second-order valence-electron chi connectivity index (χ2n) is 4.93. The Labute approximate surface area is 108 Å². The number of nitrogens with two attached hydrogens (primary N) is 1. The highest BCUT2D eigenvalue weighted by molar-refractivity contribution is 5.30. The Balaban J connectivity index is 2.21. The van der Waals surface area contributed by atoms with Gasteiger partial charge in [0.15, 0.2) is 0 Å². The molecular formula is C14H21FN2O. The van der Waals surface area contributed by atoms with E-state index in [2.05, 4.69) is 11.8 Å². The van der Waals surface area contributed by atoms with Crippen LogP contribution in [-0.2, 0) is 4.74 Å². The number of halogens is 1. The number of aryl methyl sites for hydroxylation is 1. The topological polar surface area (TPSA) is 38.5 Å². The zero-order chi connectivity index (χ0) is 13.1. The van der Waals surface area contributed by atoms with Gasteiger partial charge >= 0.3 is 0 Å². The van der Waals surface area contributed by atoms with Gasteiger partial charge in [-0.1, -0.05) is 6.07 Å². The number of hydrogen-bond donors (Lipinski definition) is 1. The molecule has 0 amide bonds. The van der Waals surface area contributed by atoms with E-state index >= 15 is 0 Å². The number of morpholine rings is 1. The van der Waals surface area contributed by atoms with Gasteiger partial charge in [-0.15, -0.1) is 0 Å². The molecule has 4 heteroatoms. The first-order valence-electron chi connectivity index (χ1n) is 6.43. The molecule has 1 fully saturated rings. The summed E-state index contributed by atoms with van der Waals surface area (Å²) in [5, 5.41) is 0. The first-order valence-corrected chi connectivity index (χ1v) is 6.43. The standard InChI is InChI=1S/C14H21FN2O/c1-10-7-12(15)3-4-13(10)14(8-16)17-5-6-18-11(2)9-17/h3-4,7,11,14H,5-6,8-9,16H2,1-2H3. The number of benzene rings is 1. The summed E-state index contributed by atoms with van der Waals surface area (Å²) in [7, 11) is 0. The molecule has 0 bridgehead atoms. The minimum atomic E-state index is -0.192. The van der Waals surface area contributed by atoms with Crippen molar-refractivity contribution in [1.29, 1.82) is 0 Å². The highest BCUT2D eigenvalue weighted by Crippen LogP contribution is 2.25. The molecule has 0 radical (unpaired) electrons. The van der Waals surface area contributed by atoms with Gasteiger partial charge in [0.1, 0.15) is 5.82 Å². The van der Waals surface area contributed by atoms with Crippen LogP contribution < -0.4 is 5.73 Å². The molecular weight excluding hydrogens is 231 g/mol. The average Bonchev–Trinajstić information content (AvgIpc) is 2.33. The van der Waals surface area contributed by atoms with Gasteiger partial charge in [0.2, 0.25) is 0 Å². The van der Waals surface area contributed by atoms with E-state index in [1.165, 1.54) is 6.07 Å². The van der Waals surface area contributed by atoms with Crippen LogP contribution in [0.25, 0.3) is 0 Å². The number of ether oxygens (including phenoxy) is 1. The van der Waals surface area contributed by atoms with Gasteiger partial charge in [0.25, 0.3) is 0 Å². The van der Waals surface area contributed by atoms with E-state index in [4.69, 9.17) is 10.5 Å². The molecule has 2 atom stereocenters. The van der Waals surface area contributed by atoms with Crippen molar-refractivity contribution >= 4 is 0 Å². The van der Waals surface area contributed by atoms with Crippen molar-refractivity contribution in [3.05, 3.63) is 35.1 Å². The maximum absolute atomic E-state index is 13.2. The van der Waals surface area contributed by atoms with E-state index in [0.29, 0.717) is 6.54 Å². The second-order valence-corrected chi connectivity index (χ2v) is 4.93. The number of nitrogens with zero attached hydrogens (tertiary/aromatic N) is 1. The van der Waals surface area contributed by atoms with Gasteiger partial charge in [-0.25, -0.2) is 4.39 Å². The van der Waals surface area contributed by atoms with E-state index in [-0.39, 0.29) is 18.0 Å². The first kappa shape index (κ1) is 13.5. The minimum Gasteiger partial charge on any atom is -0.376 e. The minimum absolute atomic E-state index is 0.150. The maximum Gasteiger partial charge on any atom is 0.123 e. The lowest BCUT2D eigenvalue weighted by atomic mass is 9.99. The molecule has 1 aromatic carbocycles. The Morgan fingerprint density at radius 3 is 2.94 bits per heavy atom. The predicted molar refractivity (Wildman–Crippen MR) is 69.9 cm³/mol. The smallest absolute Gasteiger partial charge is 0.123 e. The van der Waals surface area contributed by atoms with E-state index in [9.17, 15) is 4.39 Å². The first-order chi connectivity index (χ1) is 8.61. The van der Waals surface area contributed by atoms with Crippen LogP contribution in [0.5, 0.6) is 0 Å². The Kier molecular flexibility index (Phi) is 4.32. The predicted octanol–water partition coefficient (Wildman–Crippen LogP) is 1.85. The van der Waals surface area contributed by atoms with Crippen molar-refractivity contribution in [2.75, 3.05) is 26.2 Å². The van der Waals surface area contributed by atoms with Crippen LogP contribution in [0, 0.1) is 12.7 Å². The molecule has 1 heterocycles. The summed E-state index contributed by atoms with van der Waals surface area (Å²) in [6, 6.07) is 5.08. The summed E-state index contributed by atoms with van der Waals surface area (Å²) in [4.78, 5) is 2.33. The van der Waals surface area contributed by atoms with Gasteiger partial charge in [-0.05, 0) is 37.1 Å². The summed E-state index contributed by atoms with van der Waals surface area (Å²) in [6.45, 7) is 7.03. The number of hydrogen-bond acceptors (Lipinski definition) is 3. The van der Waals surface area contributed by atoms with Gasteiger partial charge in [-0.3, -0.25) is 4.90 Å². The molecule has 1 aliphatic heterocycles. The van der Waals surface area contributed by atoms with E-state index < -0.39 is 0 Å². The van der Waals surface area contributed by atoms with E-state index in [0.717, 1.165) is 30.8 Å². The van der Waals surface area contributed by atoms with E-state index in [1.807, 2.05) is 13.0 Å². The van der Waals surface area contributed by atoms with Crippen LogP contribution in [0.1, 0.15) is 24.1 Å². The summed E-state index contributed by atoms with van der Waals surface area (Å²) >= 11 is 0. The van der Waals surface area contributed by atoms with Gasteiger partial charge in [0.05, 0.1) is 12.7 Å². The quantitative estimate of drug-likeness (QED) is 0.892. The van der Waals surface area contributed by atoms with Crippen molar-refractivity contribution < 1.29 is 9.13 Å². The fourth-order valence-electron chi connectivity index (χ4n) is 2.61. The average molecular weight is 252 g/mol. The van der Waals surface area contributed by atoms with Crippen LogP contribution in [0.4, 0.5) is 4.39 Å². The van der Waals surface area contributed by atoms with Crippen molar-refractivity contribution in [1.82, 2.24) is 4.90 Å². The van der Waals surface area contributed by atoms with Crippen LogP contribution in [0.2, 0.25) is 0 Å². The van der Waals surface area contributed by atoms with Crippen LogP contribution in [0.15, 0.2) is 18.2 Å². The third-order valence-corrected chi connectivity index (χ3v) is 3.53. The molecule has 3 nitrogen and oxygen atoms in total. The molecule has 2 rings (SSSR count). The molecule has 0 saturated carbocycles. The monoisotopic (exact) mass is 252 g/mol. The fourth-order valence-corrected chi connectivity index (χ4v) is 2.61. The fraction of sp³-hybridized carbons (Fsp3) is 0.571. The normalized spacial score (nSPS) is 23.0. The van der Waals surface area contributed by atoms with Crippen molar-refractivity contribution in [3.8, 4) is 0 Å². The van der Waals surface area contributed by atoms with Crippen molar-refractivity contribution in [3.63, 3.8) is 0 Å². The summed E-state index contributed by atoms with van der Waals surface area (Å²) in [5.74, 6) is -0.192. The molecule has 2 N–H and O–H groups in total. The zero-order valence-corrected chi connectivity index (χ0v) is 11.0. The molecule has 100 valence electrons. The van der Waals surface area contributed by atoms with Crippen molar-refractivity contribution in [2.45, 2.75) is 26.0 Å². The Bertz CT molecular complexity index is 411. The van der Waals surface area contributed by atoms with Crippen molar-refractivity contribution in [2.24, 2.45) is 5.73 Å². The van der Waals surface area contributed by atoms with Crippen LogP contribution in [-0.4, -0.2) is 37.2 Å². The van der Waals surface area contributed by atoms with Gasteiger partial charge in [-0.2, -0.15) is 0 Å². The number of rotatable bonds is 3. The molecule has 0 aromatic heterocycles.